The Labute approximate surface area is 258 Å². The Balaban J connectivity index is 1.40. The van der Waals surface area contributed by atoms with Gasteiger partial charge in [0.1, 0.15) is 6.61 Å². The third-order valence-electron chi connectivity index (χ3n) is 6.54. The molecule has 43 heavy (non-hydrogen) atoms. The van der Waals surface area contributed by atoms with Crippen LogP contribution < -0.4 is 11.1 Å². The fourth-order valence-electron chi connectivity index (χ4n) is 4.39. The molecule has 2 aromatic rings. The lowest BCUT2D eigenvalue weighted by Gasteiger charge is -2.27. The monoisotopic (exact) mass is 641 g/mol. The molecule has 6 N–H and O–H groups in total. The number of carbonyl (C=O) groups is 3. The number of aromatic amines is 1. The zero-order valence-electron chi connectivity index (χ0n) is 23.7. The second kappa shape index (κ2) is 17.8. The molecule has 1 aromatic heterocycles. The lowest BCUT2D eigenvalue weighted by molar-refractivity contribution is -0.138. The van der Waals surface area contributed by atoms with Crippen LogP contribution in [0.15, 0.2) is 17.1 Å². The van der Waals surface area contributed by atoms with Gasteiger partial charge < -0.3 is 45.4 Å². The normalized spacial score (nSPS) is 13.6. The molecule has 2 amide bonds. The van der Waals surface area contributed by atoms with Crippen molar-refractivity contribution in [2.24, 2.45) is 10.7 Å². The Kier molecular flexibility index (Phi) is 14.2. The average Bonchev–Trinajstić information content (AvgIpc) is 3.37. The Morgan fingerprint density at radius 1 is 1.09 bits per heavy atom. The molecule has 0 atom stereocenters. The van der Waals surface area contributed by atoms with Gasteiger partial charge in [0.15, 0.2) is 0 Å². The Bertz CT molecular complexity index is 1330. The van der Waals surface area contributed by atoms with Crippen LogP contribution in [-0.4, -0.2) is 110 Å². The van der Waals surface area contributed by atoms with Gasteiger partial charge in [-0.3, -0.25) is 19.4 Å². The molecule has 3 rings (SSSR count). The number of rotatable bonds is 18. The highest BCUT2D eigenvalue weighted by Gasteiger charge is 2.27. The Morgan fingerprint density at radius 3 is 2.44 bits per heavy atom. The number of hydrogen-bond donors (Lipinski definition) is 5. The van der Waals surface area contributed by atoms with Crippen molar-refractivity contribution < 1.29 is 38.8 Å². The van der Waals surface area contributed by atoms with Crippen molar-refractivity contribution in [2.75, 3.05) is 65.9 Å². The zero-order valence-corrected chi connectivity index (χ0v) is 25.2. The average molecular weight is 643 g/mol. The predicted octanol–water partition coefficient (Wildman–Crippen LogP) is 1.75. The molecule has 0 saturated carbocycles. The number of aliphatic hydroxyl groups is 1. The van der Waals surface area contributed by atoms with Crippen LogP contribution in [0.4, 0.5) is 0 Å². The molecule has 15 heteroatoms. The number of fused-ring (bicyclic) bond motifs is 3. The first kappa shape index (κ1) is 34.3. The summed E-state index contributed by atoms with van der Waals surface area (Å²) >= 11 is 12.9. The van der Waals surface area contributed by atoms with Gasteiger partial charge in [0.2, 0.25) is 11.8 Å². The third-order valence-corrected chi connectivity index (χ3v) is 7.33. The van der Waals surface area contributed by atoms with Crippen LogP contribution in [0.3, 0.4) is 0 Å². The highest BCUT2D eigenvalue weighted by molar-refractivity contribution is 6.45. The maximum Gasteiger partial charge on any atom is 0.305 e. The molecule has 1 aliphatic heterocycles. The molecule has 0 fully saturated rings. The van der Waals surface area contributed by atoms with Crippen LogP contribution in [0, 0.1) is 0 Å². The van der Waals surface area contributed by atoms with Gasteiger partial charge in [-0.2, -0.15) is 0 Å². The van der Waals surface area contributed by atoms with E-state index in [0.717, 1.165) is 16.6 Å². The number of aliphatic carboxylic acids is 1. The number of amides is 2. The first-order chi connectivity index (χ1) is 20.7. The summed E-state index contributed by atoms with van der Waals surface area (Å²) in [7, 11) is 0. The molecule has 2 heterocycles. The molecule has 0 saturated heterocycles. The van der Waals surface area contributed by atoms with Gasteiger partial charge in [0.25, 0.3) is 0 Å². The minimum absolute atomic E-state index is 0.0411. The van der Waals surface area contributed by atoms with Crippen LogP contribution in [0.25, 0.3) is 16.6 Å². The van der Waals surface area contributed by atoms with Crippen molar-refractivity contribution in [3.05, 3.63) is 39.0 Å². The van der Waals surface area contributed by atoms with E-state index < -0.39 is 12.6 Å². The second-order valence-electron chi connectivity index (χ2n) is 9.53. The summed E-state index contributed by atoms with van der Waals surface area (Å²) in [5.41, 5.74) is 9.91. The largest absolute Gasteiger partial charge is 0.481 e. The van der Waals surface area contributed by atoms with E-state index >= 15 is 0 Å². The van der Waals surface area contributed by atoms with E-state index in [1.807, 2.05) is 0 Å². The molecule has 236 valence electrons. The number of benzene rings is 1. The van der Waals surface area contributed by atoms with Crippen molar-refractivity contribution in [2.45, 2.75) is 25.8 Å². The van der Waals surface area contributed by atoms with E-state index in [4.69, 9.17) is 48.3 Å². The summed E-state index contributed by atoms with van der Waals surface area (Å²) in [5.74, 6) is -1.42. The van der Waals surface area contributed by atoms with E-state index in [1.165, 1.54) is 0 Å². The summed E-state index contributed by atoms with van der Waals surface area (Å²) in [4.78, 5) is 43.7. The van der Waals surface area contributed by atoms with Crippen LogP contribution in [0.2, 0.25) is 10.0 Å². The zero-order chi connectivity index (χ0) is 31.2. The SMILES string of the molecule is N/C(=C\C=NCCNC(=O)CCOCCOCCOCCC(=O)O)c1cc(Cl)c(Cl)c2[nH]c3c(c12)CN(C(=O)CO)CC3. The lowest BCUT2D eigenvalue weighted by Crippen LogP contribution is -2.37. The van der Waals surface area contributed by atoms with Crippen molar-refractivity contribution in [1.29, 1.82) is 0 Å². The maximum absolute atomic E-state index is 12.1. The van der Waals surface area contributed by atoms with Gasteiger partial charge in [0, 0.05) is 66.6 Å². The van der Waals surface area contributed by atoms with E-state index in [0.29, 0.717) is 85.8 Å². The first-order valence-corrected chi connectivity index (χ1v) is 14.6. The second-order valence-corrected chi connectivity index (χ2v) is 10.3. The quantitative estimate of drug-likeness (QED) is 0.119. The number of carbonyl (C=O) groups excluding carboxylic acids is 2. The number of aliphatic imine (C=N–C) groups is 1. The number of nitrogens with two attached hydrogens (primary N) is 1. The number of carboxylic acid groups (broad SMARTS) is 1. The number of hydrogen-bond acceptors (Lipinski definition) is 9. The van der Waals surface area contributed by atoms with Crippen molar-refractivity contribution >= 4 is 63.8 Å². The molecular formula is C28H37Cl2N5O8. The summed E-state index contributed by atoms with van der Waals surface area (Å²) in [6, 6.07) is 1.68. The first-order valence-electron chi connectivity index (χ1n) is 13.8. The van der Waals surface area contributed by atoms with E-state index in [-0.39, 0.29) is 37.9 Å². The molecule has 0 bridgehead atoms. The molecule has 0 spiro atoms. The minimum Gasteiger partial charge on any atom is -0.481 e. The fraction of sp³-hybridized carbons (Fsp3) is 0.500. The summed E-state index contributed by atoms with van der Waals surface area (Å²) in [6.45, 7) is 2.63. The number of H-pyrrole nitrogens is 1. The van der Waals surface area contributed by atoms with Gasteiger partial charge in [-0.15, -0.1) is 0 Å². The number of aliphatic hydroxyl groups excluding tert-OH is 1. The molecule has 0 radical (unpaired) electrons. The molecule has 0 unspecified atom stereocenters. The third kappa shape index (κ3) is 10.5. The van der Waals surface area contributed by atoms with E-state index in [9.17, 15) is 19.5 Å². The molecule has 0 aliphatic carbocycles. The van der Waals surface area contributed by atoms with Crippen LogP contribution in [0.5, 0.6) is 0 Å². The number of ether oxygens (including phenoxy) is 3. The predicted molar refractivity (Wildman–Crippen MR) is 162 cm³/mol. The topological polar surface area (TPSA) is 189 Å². The summed E-state index contributed by atoms with van der Waals surface area (Å²) in [6.07, 6.45) is 3.93. The van der Waals surface area contributed by atoms with Crippen molar-refractivity contribution in [1.82, 2.24) is 15.2 Å². The lowest BCUT2D eigenvalue weighted by atomic mass is 9.99. The van der Waals surface area contributed by atoms with Gasteiger partial charge in [0.05, 0.1) is 68.2 Å². The van der Waals surface area contributed by atoms with Gasteiger partial charge in [-0.25, -0.2) is 0 Å². The smallest absolute Gasteiger partial charge is 0.305 e. The Hall–Kier alpha value is -3.20. The summed E-state index contributed by atoms with van der Waals surface area (Å²) in [5, 5.41) is 22.0. The van der Waals surface area contributed by atoms with Crippen molar-refractivity contribution in [3.63, 3.8) is 0 Å². The standard InChI is InChI=1S/C28H37Cl2N5O8/c29-20-15-18(26-19-16-35(24(38)17-36)8-2-22(19)34-28(26)27(20)30)21(31)1-5-32-6-7-33-23(37)3-9-41-11-13-43-14-12-42-10-4-25(39)40/h1,5,15,34,36H,2-4,6-14,16-17,31H2,(H,33,37)(H,39,40)/b21-1-,32-5?. The Morgan fingerprint density at radius 2 is 1.77 bits per heavy atom. The molecular weight excluding hydrogens is 605 g/mol. The maximum atomic E-state index is 12.1. The molecule has 1 aromatic carbocycles. The summed E-state index contributed by atoms with van der Waals surface area (Å²) < 4.78 is 15.8. The minimum atomic E-state index is -0.906. The number of carboxylic acids is 1. The van der Waals surface area contributed by atoms with Crippen LogP contribution >= 0.6 is 23.2 Å². The van der Waals surface area contributed by atoms with Gasteiger partial charge in [-0.05, 0) is 12.1 Å². The van der Waals surface area contributed by atoms with Crippen LogP contribution in [-0.2, 0) is 41.6 Å². The number of allylic oxidation sites excluding steroid dienone is 1. The molecule has 1 aliphatic rings. The van der Waals surface area contributed by atoms with Crippen molar-refractivity contribution in [3.8, 4) is 0 Å². The number of halogens is 2. The fourth-order valence-corrected chi connectivity index (χ4v) is 4.79. The molecule has 13 nitrogen and oxygen atoms in total. The van der Waals surface area contributed by atoms with Gasteiger partial charge in [-0.1, -0.05) is 23.2 Å². The highest BCUT2D eigenvalue weighted by Crippen LogP contribution is 2.39. The number of nitrogens with zero attached hydrogens (tertiary/aromatic N) is 2. The van der Waals surface area contributed by atoms with Crippen LogP contribution in [0.1, 0.15) is 29.7 Å². The van der Waals surface area contributed by atoms with Gasteiger partial charge >= 0.3 is 5.97 Å². The van der Waals surface area contributed by atoms with E-state index in [2.05, 4.69) is 15.3 Å². The number of aromatic nitrogens is 1. The highest BCUT2D eigenvalue weighted by atomic mass is 35.5. The van der Waals surface area contributed by atoms with E-state index in [1.54, 1.807) is 23.3 Å². The number of nitrogens with one attached hydrogen (secondary N) is 2.